The molecular formula is C18H22N2O3. The second-order valence-electron chi connectivity index (χ2n) is 4.96. The molecule has 0 unspecified atom stereocenters. The molecule has 2 aromatic rings. The van der Waals surface area contributed by atoms with Gasteiger partial charge in [-0.2, -0.15) is 0 Å². The molecule has 2 rings (SSSR count). The summed E-state index contributed by atoms with van der Waals surface area (Å²) in [7, 11) is 1.60. The molecule has 5 nitrogen and oxygen atoms in total. The summed E-state index contributed by atoms with van der Waals surface area (Å²) in [5.74, 6) is 1.35. The Labute approximate surface area is 136 Å². The Morgan fingerprint density at radius 3 is 2.61 bits per heavy atom. The first-order valence-electron chi connectivity index (χ1n) is 7.76. The van der Waals surface area contributed by atoms with E-state index in [0.29, 0.717) is 18.9 Å². The van der Waals surface area contributed by atoms with Gasteiger partial charge in [-0.15, -0.1) is 0 Å². The van der Waals surface area contributed by atoms with Gasteiger partial charge in [0.1, 0.15) is 5.69 Å². The Morgan fingerprint density at radius 2 is 1.91 bits per heavy atom. The molecule has 1 amide bonds. The van der Waals surface area contributed by atoms with Gasteiger partial charge in [0.2, 0.25) is 0 Å². The number of hydrogen-bond acceptors (Lipinski definition) is 4. The first kappa shape index (κ1) is 16.8. The number of pyridine rings is 1. The number of ether oxygens (including phenoxy) is 2. The van der Waals surface area contributed by atoms with Crippen LogP contribution in [-0.2, 0) is 6.42 Å². The van der Waals surface area contributed by atoms with Crippen molar-refractivity contribution in [2.45, 2.75) is 19.8 Å². The van der Waals surface area contributed by atoms with Gasteiger partial charge in [0.25, 0.3) is 5.91 Å². The van der Waals surface area contributed by atoms with E-state index in [1.807, 2.05) is 43.3 Å². The molecular weight excluding hydrogens is 292 g/mol. The fourth-order valence-corrected chi connectivity index (χ4v) is 2.18. The van der Waals surface area contributed by atoms with Crippen molar-refractivity contribution in [2.75, 3.05) is 20.3 Å². The summed E-state index contributed by atoms with van der Waals surface area (Å²) in [4.78, 5) is 15.6. The van der Waals surface area contributed by atoms with E-state index in [1.165, 1.54) is 0 Å². The minimum Gasteiger partial charge on any atom is -0.490 e. The van der Waals surface area contributed by atoms with Crippen LogP contribution in [0.4, 0.5) is 0 Å². The molecule has 1 aromatic heterocycles. The van der Waals surface area contributed by atoms with E-state index in [0.717, 1.165) is 29.9 Å². The second-order valence-corrected chi connectivity index (χ2v) is 4.96. The molecule has 0 fully saturated rings. The zero-order chi connectivity index (χ0) is 16.5. The summed E-state index contributed by atoms with van der Waals surface area (Å²) in [6.07, 6.45) is 3.33. The highest BCUT2D eigenvalue weighted by Gasteiger charge is 2.06. The number of carbonyl (C=O) groups is 1. The van der Waals surface area contributed by atoms with Crippen molar-refractivity contribution in [1.82, 2.24) is 10.3 Å². The number of carbonyl (C=O) groups excluding carboxylic acids is 1. The van der Waals surface area contributed by atoms with E-state index in [1.54, 1.807) is 13.2 Å². The Balaban J connectivity index is 1.85. The van der Waals surface area contributed by atoms with Crippen LogP contribution < -0.4 is 14.8 Å². The third-order valence-corrected chi connectivity index (χ3v) is 3.30. The third-order valence-electron chi connectivity index (χ3n) is 3.30. The Kier molecular flexibility index (Phi) is 6.41. The molecule has 0 spiro atoms. The third kappa shape index (κ3) is 4.98. The lowest BCUT2D eigenvalue weighted by molar-refractivity contribution is 0.0958. The first-order valence-corrected chi connectivity index (χ1v) is 7.76. The molecule has 0 bridgehead atoms. The van der Waals surface area contributed by atoms with Crippen LogP contribution in [-0.4, -0.2) is 31.2 Å². The minimum absolute atomic E-state index is 0.172. The fraction of sp³-hybridized carbons (Fsp3) is 0.333. The van der Waals surface area contributed by atoms with Gasteiger partial charge in [-0.3, -0.25) is 9.78 Å². The van der Waals surface area contributed by atoms with E-state index in [9.17, 15) is 4.79 Å². The molecule has 1 N–H and O–H groups in total. The lowest BCUT2D eigenvalue weighted by Gasteiger charge is -2.11. The molecule has 122 valence electrons. The zero-order valence-corrected chi connectivity index (χ0v) is 13.5. The zero-order valence-electron chi connectivity index (χ0n) is 13.5. The molecule has 0 aliphatic heterocycles. The van der Waals surface area contributed by atoms with E-state index < -0.39 is 0 Å². The van der Waals surface area contributed by atoms with Gasteiger partial charge in [0.05, 0.1) is 13.2 Å². The van der Waals surface area contributed by atoms with Crippen LogP contribution in [0, 0.1) is 0 Å². The number of nitrogens with one attached hydrogen (secondary N) is 1. The molecule has 0 aliphatic carbocycles. The smallest absolute Gasteiger partial charge is 0.269 e. The Bertz CT molecular complexity index is 644. The predicted octanol–water partition coefficient (Wildman–Crippen LogP) is 2.85. The topological polar surface area (TPSA) is 60.5 Å². The van der Waals surface area contributed by atoms with Gasteiger partial charge < -0.3 is 14.8 Å². The summed E-state index contributed by atoms with van der Waals surface area (Å²) in [6, 6.07) is 11.4. The SMILES string of the molecule is CCOc1ccccc1OCCCc1ccnc(C(=O)NC)c1. The fourth-order valence-electron chi connectivity index (χ4n) is 2.18. The van der Waals surface area contributed by atoms with E-state index in [4.69, 9.17) is 9.47 Å². The molecule has 0 saturated carbocycles. The lowest BCUT2D eigenvalue weighted by atomic mass is 10.1. The summed E-state index contributed by atoms with van der Waals surface area (Å²) < 4.78 is 11.3. The molecule has 0 aliphatic rings. The summed E-state index contributed by atoms with van der Waals surface area (Å²) in [5.41, 5.74) is 1.51. The van der Waals surface area contributed by atoms with Crippen LogP contribution in [0.2, 0.25) is 0 Å². The number of benzene rings is 1. The second kappa shape index (κ2) is 8.78. The van der Waals surface area contributed by atoms with Crippen molar-refractivity contribution in [3.63, 3.8) is 0 Å². The maximum absolute atomic E-state index is 11.6. The highest BCUT2D eigenvalue weighted by atomic mass is 16.5. The standard InChI is InChI=1S/C18H22N2O3/c1-3-22-16-8-4-5-9-17(16)23-12-6-7-14-10-11-20-15(13-14)18(21)19-2/h4-5,8-11,13H,3,6-7,12H2,1-2H3,(H,19,21). The van der Waals surface area contributed by atoms with Gasteiger partial charge in [-0.25, -0.2) is 0 Å². The highest BCUT2D eigenvalue weighted by molar-refractivity contribution is 5.92. The number of rotatable bonds is 8. The molecule has 0 saturated heterocycles. The number of aryl methyl sites for hydroxylation is 1. The number of hydrogen-bond donors (Lipinski definition) is 1. The maximum Gasteiger partial charge on any atom is 0.269 e. The minimum atomic E-state index is -0.172. The lowest BCUT2D eigenvalue weighted by Crippen LogP contribution is -2.19. The summed E-state index contributed by atoms with van der Waals surface area (Å²) >= 11 is 0. The van der Waals surface area contributed by atoms with Crippen molar-refractivity contribution in [3.8, 4) is 11.5 Å². The van der Waals surface area contributed by atoms with Crippen LogP contribution >= 0.6 is 0 Å². The van der Waals surface area contributed by atoms with E-state index >= 15 is 0 Å². The van der Waals surface area contributed by atoms with Crippen molar-refractivity contribution in [1.29, 1.82) is 0 Å². The summed E-state index contributed by atoms with van der Waals surface area (Å²) in [6.45, 7) is 3.14. The number of nitrogens with zero attached hydrogens (tertiary/aromatic N) is 1. The molecule has 1 heterocycles. The van der Waals surface area contributed by atoms with Gasteiger partial charge in [0, 0.05) is 13.2 Å². The average molecular weight is 314 g/mol. The molecule has 0 atom stereocenters. The number of aromatic nitrogens is 1. The maximum atomic E-state index is 11.6. The van der Waals surface area contributed by atoms with Gasteiger partial charge in [-0.1, -0.05) is 12.1 Å². The molecule has 5 heteroatoms. The van der Waals surface area contributed by atoms with Crippen LogP contribution in [0.3, 0.4) is 0 Å². The van der Waals surface area contributed by atoms with Crippen LogP contribution in [0.25, 0.3) is 0 Å². The van der Waals surface area contributed by atoms with Crippen molar-refractivity contribution >= 4 is 5.91 Å². The number of para-hydroxylation sites is 2. The predicted molar refractivity (Wildman–Crippen MR) is 89.1 cm³/mol. The molecule has 23 heavy (non-hydrogen) atoms. The molecule has 1 aromatic carbocycles. The quantitative estimate of drug-likeness (QED) is 0.761. The number of amides is 1. The van der Waals surface area contributed by atoms with E-state index in [2.05, 4.69) is 10.3 Å². The largest absolute Gasteiger partial charge is 0.490 e. The average Bonchev–Trinajstić information content (AvgIpc) is 2.60. The van der Waals surface area contributed by atoms with Crippen molar-refractivity contribution < 1.29 is 14.3 Å². The van der Waals surface area contributed by atoms with Crippen LogP contribution in [0.5, 0.6) is 11.5 Å². The van der Waals surface area contributed by atoms with Crippen molar-refractivity contribution in [2.24, 2.45) is 0 Å². The normalized spacial score (nSPS) is 10.2. The molecule has 0 radical (unpaired) electrons. The Hall–Kier alpha value is -2.56. The van der Waals surface area contributed by atoms with Gasteiger partial charge >= 0.3 is 0 Å². The summed E-state index contributed by atoms with van der Waals surface area (Å²) in [5, 5.41) is 2.58. The first-order chi connectivity index (χ1) is 11.2. The van der Waals surface area contributed by atoms with E-state index in [-0.39, 0.29) is 5.91 Å². The van der Waals surface area contributed by atoms with Gasteiger partial charge in [0.15, 0.2) is 11.5 Å². The van der Waals surface area contributed by atoms with Crippen LogP contribution in [0.1, 0.15) is 29.4 Å². The Morgan fingerprint density at radius 1 is 1.17 bits per heavy atom. The highest BCUT2D eigenvalue weighted by Crippen LogP contribution is 2.26. The van der Waals surface area contributed by atoms with Crippen LogP contribution in [0.15, 0.2) is 42.6 Å². The monoisotopic (exact) mass is 314 g/mol. The van der Waals surface area contributed by atoms with Gasteiger partial charge in [-0.05, 0) is 49.6 Å². The van der Waals surface area contributed by atoms with Crippen molar-refractivity contribution in [3.05, 3.63) is 53.9 Å².